The van der Waals surface area contributed by atoms with Gasteiger partial charge >= 0.3 is 11.9 Å². The SMILES string of the molecule is CC(C)(C)COc1ccc(C(CN)OC(=O)C(C)(C)C)cc1OC(=O)C(C)(C)C. The molecule has 0 aliphatic carbocycles. The van der Waals surface area contributed by atoms with Gasteiger partial charge in [-0.3, -0.25) is 9.59 Å². The van der Waals surface area contributed by atoms with E-state index in [2.05, 4.69) is 20.8 Å². The molecule has 0 radical (unpaired) electrons. The van der Waals surface area contributed by atoms with Crippen molar-refractivity contribution in [2.24, 2.45) is 22.0 Å². The minimum atomic E-state index is -0.677. The Labute approximate surface area is 175 Å². The molecule has 1 aromatic rings. The second-order valence-electron chi connectivity index (χ2n) is 10.6. The first kappa shape index (κ1) is 25.0. The van der Waals surface area contributed by atoms with Gasteiger partial charge in [0.25, 0.3) is 0 Å². The summed E-state index contributed by atoms with van der Waals surface area (Å²) in [6, 6.07) is 5.16. The Hall–Kier alpha value is -2.08. The van der Waals surface area contributed by atoms with Gasteiger partial charge in [-0.1, -0.05) is 26.8 Å². The number of hydrogen-bond donors (Lipinski definition) is 1. The summed E-state index contributed by atoms with van der Waals surface area (Å²) in [6.07, 6.45) is -0.648. The smallest absolute Gasteiger partial charge is 0.316 e. The highest BCUT2D eigenvalue weighted by molar-refractivity contribution is 5.78. The molecule has 0 saturated heterocycles. The number of benzene rings is 1. The monoisotopic (exact) mass is 407 g/mol. The first-order chi connectivity index (χ1) is 13.0. The third kappa shape index (κ3) is 8.05. The number of ether oxygens (including phenoxy) is 3. The molecule has 6 nitrogen and oxygen atoms in total. The van der Waals surface area contributed by atoms with Gasteiger partial charge < -0.3 is 19.9 Å². The van der Waals surface area contributed by atoms with Gasteiger partial charge in [0.1, 0.15) is 6.10 Å². The first-order valence-electron chi connectivity index (χ1n) is 9.95. The Morgan fingerprint density at radius 2 is 1.45 bits per heavy atom. The van der Waals surface area contributed by atoms with E-state index in [9.17, 15) is 9.59 Å². The summed E-state index contributed by atoms with van der Waals surface area (Å²) in [5.41, 5.74) is 5.11. The van der Waals surface area contributed by atoms with Crippen LogP contribution in [0.2, 0.25) is 0 Å². The van der Waals surface area contributed by atoms with Crippen molar-refractivity contribution in [3.8, 4) is 11.5 Å². The van der Waals surface area contributed by atoms with Crippen molar-refractivity contribution in [2.45, 2.75) is 68.4 Å². The molecule has 0 aliphatic heterocycles. The minimum absolute atomic E-state index is 0.0635. The second kappa shape index (κ2) is 9.16. The summed E-state index contributed by atoms with van der Waals surface area (Å²) in [4.78, 5) is 24.8. The summed E-state index contributed by atoms with van der Waals surface area (Å²) < 4.78 is 17.1. The van der Waals surface area contributed by atoms with Crippen LogP contribution in [-0.2, 0) is 14.3 Å². The van der Waals surface area contributed by atoms with E-state index in [1.807, 2.05) is 0 Å². The van der Waals surface area contributed by atoms with Gasteiger partial charge in [0.15, 0.2) is 11.5 Å². The number of hydrogen-bond acceptors (Lipinski definition) is 6. The number of rotatable bonds is 6. The second-order valence-corrected chi connectivity index (χ2v) is 10.6. The molecule has 1 atom stereocenters. The summed E-state index contributed by atoms with van der Waals surface area (Å²) in [5.74, 6) is 0.0108. The number of carbonyl (C=O) groups is 2. The van der Waals surface area contributed by atoms with E-state index in [1.54, 1.807) is 59.7 Å². The van der Waals surface area contributed by atoms with Crippen LogP contribution in [0.3, 0.4) is 0 Å². The van der Waals surface area contributed by atoms with Gasteiger partial charge in [-0.25, -0.2) is 0 Å². The normalized spacial score (nSPS) is 13.6. The summed E-state index contributed by atoms with van der Waals surface area (Å²) in [6.45, 7) is 17.4. The van der Waals surface area contributed by atoms with Crippen LogP contribution >= 0.6 is 0 Å². The van der Waals surface area contributed by atoms with E-state index in [0.717, 1.165) is 0 Å². The zero-order valence-corrected chi connectivity index (χ0v) is 19.3. The molecule has 0 aliphatic rings. The molecule has 0 saturated carbocycles. The van der Waals surface area contributed by atoms with Crippen LogP contribution in [0.4, 0.5) is 0 Å². The van der Waals surface area contributed by atoms with Crippen LogP contribution in [0.1, 0.15) is 74.0 Å². The van der Waals surface area contributed by atoms with Gasteiger partial charge in [0.05, 0.1) is 17.4 Å². The van der Waals surface area contributed by atoms with Crippen LogP contribution in [0.25, 0.3) is 0 Å². The zero-order valence-electron chi connectivity index (χ0n) is 19.3. The van der Waals surface area contributed by atoms with Crippen LogP contribution in [-0.4, -0.2) is 25.1 Å². The van der Waals surface area contributed by atoms with E-state index >= 15 is 0 Å². The molecule has 1 aromatic carbocycles. The Kier molecular flexibility index (Phi) is 7.88. The molecule has 0 aromatic heterocycles. The highest BCUT2D eigenvalue weighted by atomic mass is 16.6. The van der Waals surface area contributed by atoms with Crippen LogP contribution in [0, 0.1) is 16.2 Å². The van der Waals surface area contributed by atoms with Crippen molar-refractivity contribution in [1.82, 2.24) is 0 Å². The Morgan fingerprint density at radius 1 is 0.897 bits per heavy atom. The molecule has 2 N–H and O–H groups in total. The highest BCUT2D eigenvalue weighted by Gasteiger charge is 2.29. The van der Waals surface area contributed by atoms with Crippen LogP contribution in [0.15, 0.2) is 18.2 Å². The third-order valence-electron chi connectivity index (χ3n) is 3.89. The van der Waals surface area contributed by atoms with E-state index in [-0.39, 0.29) is 29.6 Å². The fourth-order valence-corrected chi connectivity index (χ4v) is 2.03. The summed E-state index contributed by atoms with van der Waals surface area (Å²) in [7, 11) is 0. The largest absolute Gasteiger partial charge is 0.489 e. The molecule has 0 bridgehead atoms. The molecule has 0 heterocycles. The van der Waals surface area contributed by atoms with Crippen molar-refractivity contribution in [3.05, 3.63) is 23.8 Å². The standard InChI is InChI=1S/C23H37NO5/c1-21(2,3)14-27-16-11-10-15(12-17(16)28-19(25)22(4,5)6)18(13-24)29-20(26)23(7,8)9/h10-12,18H,13-14,24H2,1-9H3. The Balaban J connectivity index is 3.24. The van der Waals surface area contributed by atoms with E-state index in [4.69, 9.17) is 19.9 Å². The number of carbonyl (C=O) groups excluding carboxylic acids is 2. The topological polar surface area (TPSA) is 87.8 Å². The zero-order chi connectivity index (χ0) is 22.6. The van der Waals surface area contributed by atoms with Crippen molar-refractivity contribution in [2.75, 3.05) is 13.2 Å². The van der Waals surface area contributed by atoms with Crippen molar-refractivity contribution in [1.29, 1.82) is 0 Å². The maximum absolute atomic E-state index is 12.5. The number of esters is 2. The Morgan fingerprint density at radius 3 is 1.90 bits per heavy atom. The van der Waals surface area contributed by atoms with E-state index in [1.165, 1.54) is 0 Å². The average Bonchev–Trinajstić information content (AvgIpc) is 2.55. The predicted molar refractivity (Wildman–Crippen MR) is 114 cm³/mol. The molecule has 29 heavy (non-hydrogen) atoms. The summed E-state index contributed by atoms with van der Waals surface area (Å²) in [5, 5.41) is 0. The molecule has 0 spiro atoms. The lowest BCUT2D eigenvalue weighted by Gasteiger charge is -2.25. The van der Waals surface area contributed by atoms with Gasteiger partial charge in [-0.05, 0) is 64.7 Å². The molecular formula is C23H37NO5. The highest BCUT2D eigenvalue weighted by Crippen LogP contribution is 2.35. The molecule has 1 rings (SSSR count). The lowest BCUT2D eigenvalue weighted by Crippen LogP contribution is -2.28. The van der Waals surface area contributed by atoms with Gasteiger partial charge in [0, 0.05) is 6.54 Å². The lowest BCUT2D eigenvalue weighted by molar-refractivity contribution is -0.158. The first-order valence-corrected chi connectivity index (χ1v) is 9.95. The van der Waals surface area contributed by atoms with Gasteiger partial charge in [0.2, 0.25) is 0 Å². The fourth-order valence-electron chi connectivity index (χ4n) is 2.03. The predicted octanol–water partition coefficient (Wildman–Crippen LogP) is 4.65. The van der Waals surface area contributed by atoms with Crippen LogP contribution < -0.4 is 15.2 Å². The molecule has 164 valence electrons. The minimum Gasteiger partial charge on any atom is -0.489 e. The van der Waals surface area contributed by atoms with E-state index in [0.29, 0.717) is 17.9 Å². The maximum atomic E-state index is 12.5. The Bertz CT molecular complexity index is 720. The fraction of sp³-hybridized carbons (Fsp3) is 0.652. The van der Waals surface area contributed by atoms with Crippen molar-refractivity contribution in [3.63, 3.8) is 0 Å². The quantitative estimate of drug-likeness (QED) is 0.545. The molecule has 6 heteroatoms. The molecule has 0 fully saturated rings. The van der Waals surface area contributed by atoms with Crippen molar-refractivity contribution < 1.29 is 23.8 Å². The summed E-state index contributed by atoms with van der Waals surface area (Å²) >= 11 is 0. The van der Waals surface area contributed by atoms with E-state index < -0.39 is 16.9 Å². The number of nitrogens with two attached hydrogens (primary N) is 1. The molecule has 0 amide bonds. The molecular weight excluding hydrogens is 370 g/mol. The van der Waals surface area contributed by atoms with Crippen LogP contribution in [0.5, 0.6) is 11.5 Å². The third-order valence-corrected chi connectivity index (χ3v) is 3.89. The average molecular weight is 408 g/mol. The van der Waals surface area contributed by atoms with Crippen molar-refractivity contribution >= 4 is 11.9 Å². The lowest BCUT2D eigenvalue weighted by atomic mass is 9.97. The maximum Gasteiger partial charge on any atom is 0.316 e. The van der Waals surface area contributed by atoms with Gasteiger partial charge in [-0.15, -0.1) is 0 Å². The van der Waals surface area contributed by atoms with Gasteiger partial charge in [-0.2, -0.15) is 0 Å². The molecule has 1 unspecified atom stereocenters.